The molecule has 0 saturated heterocycles. The molecule has 0 fully saturated rings. The van der Waals surface area contributed by atoms with Gasteiger partial charge in [0.15, 0.2) is 0 Å². The minimum absolute atomic E-state index is 0.0776. The van der Waals surface area contributed by atoms with Crippen LogP contribution < -0.4 is 0 Å². The van der Waals surface area contributed by atoms with Gasteiger partial charge in [0.1, 0.15) is 5.82 Å². The van der Waals surface area contributed by atoms with Crippen molar-refractivity contribution in [1.82, 2.24) is 9.97 Å². The number of para-hydroxylation sites is 2. The minimum Gasteiger partial charge on any atom is -0.258 e. The third kappa shape index (κ3) is 2.69. The zero-order chi connectivity index (χ0) is 15.5. The molecule has 22 heavy (non-hydrogen) atoms. The van der Waals surface area contributed by atoms with Gasteiger partial charge in [-0.25, -0.2) is 9.97 Å². The first-order valence-corrected chi connectivity index (χ1v) is 6.80. The molecule has 0 unspecified atom stereocenters. The first-order chi connectivity index (χ1) is 10.6. The molecule has 0 aliphatic heterocycles. The second kappa shape index (κ2) is 5.73. The molecule has 0 aliphatic carbocycles. The molecule has 1 aromatic heterocycles. The maximum atomic E-state index is 11.0. The van der Waals surface area contributed by atoms with Crippen molar-refractivity contribution in [1.29, 1.82) is 0 Å². The average molecular weight is 291 g/mol. The quantitative estimate of drug-likeness (QED) is 0.540. The van der Waals surface area contributed by atoms with Crippen LogP contribution in [0.1, 0.15) is 17.1 Å². The van der Waals surface area contributed by atoms with Crippen LogP contribution in [0.5, 0.6) is 0 Å². The first-order valence-electron chi connectivity index (χ1n) is 6.80. The molecule has 0 aliphatic rings. The standard InChI is InChI=1S/C17H13N3O2/c1-12-18-15-8-4-3-7-14(15)16(19-12)11-10-13-6-2-5-9-17(13)20(21)22/h2-11H,1H3. The van der Waals surface area contributed by atoms with Crippen molar-refractivity contribution in [3.63, 3.8) is 0 Å². The number of nitrogens with zero attached hydrogens (tertiary/aromatic N) is 3. The maximum Gasteiger partial charge on any atom is 0.276 e. The van der Waals surface area contributed by atoms with Gasteiger partial charge >= 0.3 is 0 Å². The molecule has 3 rings (SSSR count). The molecule has 5 nitrogen and oxygen atoms in total. The lowest BCUT2D eigenvalue weighted by atomic mass is 10.1. The summed E-state index contributed by atoms with van der Waals surface area (Å²) >= 11 is 0. The Morgan fingerprint density at radius 2 is 1.73 bits per heavy atom. The minimum atomic E-state index is -0.386. The van der Waals surface area contributed by atoms with Crippen molar-refractivity contribution in [2.45, 2.75) is 6.92 Å². The molecule has 0 atom stereocenters. The fourth-order valence-corrected chi connectivity index (χ4v) is 2.31. The fourth-order valence-electron chi connectivity index (χ4n) is 2.31. The van der Waals surface area contributed by atoms with Gasteiger partial charge < -0.3 is 0 Å². The number of fused-ring (bicyclic) bond motifs is 1. The number of hydrogen-bond donors (Lipinski definition) is 0. The molecule has 1 heterocycles. The Hall–Kier alpha value is -3.08. The highest BCUT2D eigenvalue weighted by molar-refractivity contribution is 5.89. The molecule has 0 N–H and O–H groups in total. The summed E-state index contributed by atoms with van der Waals surface area (Å²) in [7, 11) is 0. The third-order valence-electron chi connectivity index (χ3n) is 3.30. The molecule has 108 valence electrons. The van der Waals surface area contributed by atoms with Crippen molar-refractivity contribution in [2.75, 3.05) is 0 Å². The van der Waals surface area contributed by atoms with E-state index in [4.69, 9.17) is 0 Å². The van der Waals surface area contributed by atoms with Crippen molar-refractivity contribution < 1.29 is 4.92 Å². The van der Waals surface area contributed by atoms with Gasteiger partial charge in [0.05, 0.1) is 21.7 Å². The molecule has 0 amide bonds. The number of aromatic nitrogens is 2. The zero-order valence-corrected chi connectivity index (χ0v) is 11.9. The van der Waals surface area contributed by atoms with Gasteiger partial charge in [-0.05, 0) is 31.2 Å². The van der Waals surface area contributed by atoms with E-state index in [1.165, 1.54) is 6.07 Å². The Morgan fingerprint density at radius 1 is 1.00 bits per heavy atom. The Kier molecular flexibility index (Phi) is 3.62. The Labute approximate surface area is 127 Å². The van der Waals surface area contributed by atoms with Gasteiger partial charge in [0.25, 0.3) is 5.69 Å². The molecular formula is C17H13N3O2. The van der Waals surface area contributed by atoms with Crippen LogP contribution in [0, 0.1) is 17.0 Å². The largest absolute Gasteiger partial charge is 0.276 e. The number of nitro benzene ring substituents is 1. The molecule has 3 aromatic rings. The summed E-state index contributed by atoms with van der Waals surface area (Å²) in [6, 6.07) is 14.3. The van der Waals surface area contributed by atoms with E-state index in [0.29, 0.717) is 11.4 Å². The van der Waals surface area contributed by atoms with Crippen LogP contribution in [0.3, 0.4) is 0 Å². The van der Waals surface area contributed by atoms with E-state index >= 15 is 0 Å². The van der Waals surface area contributed by atoms with Crippen LogP contribution in [0.2, 0.25) is 0 Å². The maximum absolute atomic E-state index is 11.0. The predicted octanol–water partition coefficient (Wildman–Crippen LogP) is 4.02. The highest BCUT2D eigenvalue weighted by Gasteiger charge is 2.09. The molecule has 0 saturated carbocycles. The van der Waals surface area contributed by atoms with E-state index < -0.39 is 0 Å². The van der Waals surface area contributed by atoms with Gasteiger partial charge in [0, 0.05) is 11.5 Å². The molecule has 0 spiro atoms. The lowest BCUT2D eigenvalue weighted by Gasteiger charge is -2.03. The summed E-state index contributed by atoms with van der Waals surface area (Å²) in [6.45, 7) is 1.83. The molecule has 0 radical (unpaired) electrons. The lowest BCUT2D eigenvalue weighted by Crippen LogP contribution is -1.93. The summed E-state index contributed by atoms with van der Waals surface area (Å²) in [5.74, 6) is 0.668. The van der Waals surface area contributed by atoms with Crippen LogP contribution in [0.15, 0.2) is 48.5 Å². The second-order valence-corrected chi connectivity index (χ2v) is 4.82. The van der Waals surface area contributed by atoms with Crippen molar-refractivity contribution in [3.8, 4) is 0 Å². The topological polar surface area (TPSA) is 68.9 Å². The third-order valence-corrected chi connectivity index (χ3v) is 3.30. The van der Waals surface area contributed by atoms with E-state index in [0.717, 1.165) is 16.6 Å². The van der Waals surface area contributed by atoms with Gasteiger partial charge in [0.2, 0.25) is 0 Å². The Morgan fingerprint density at radius 3 is 2.55 bits per heavy atom. The Balaban J connectivity index is 2.09. The average Bonchev–Trinajstić information content (AvgIpc) is 2.52. The number of nitro groups is 1. The molecule has 5 heteroatoms. The van der Waals surface area contributed by atoms with Gasteiger partial charge in [-0.15, -0.1) is 0 Å². The van der Waals surface area contributed by atoms with Crippen LogP contribution in [-0.2, 0) is 0 Å². The zero-order valence-electron chi connectivity index (χ0n) is 11.9. The lowest BCUT2D eigenvalue weighted by molar-refractivity contribution is -0.385. The van der Waals surface area contributed by atoms with Crippen molar-refractivity contribution >= 4 is 28.7 Å². The number of rotatable bonds is 3. The highest BCUT2D eigenvalue weighted by atomic mass is 16.6. The van der Waals surface area contributed by atoms with Crippen molar-refractivity contribution in [2.24, 2.45) is 0 Å². The second-order valence-electron chi connectivity index (χ2n) is 4.82. The molecular weight excluding hydrogens is 278 g/mol. The molecule has 0 bridgehead atoms. The van der Waals surface area contributed by atoms with Gasteiger partial charge in [-0.1, -0.05) is 30.3 Å². The van der Waals surface area contributed by atoms with Crippen LogP contribution in [-0.4, -0.2) is 14.9 Å². The molecule has 2 aromatic carbocycles. The number of aryl methyl sites for hydroxylation is 1. The number of hydrogen-bond acceptors (Lipinski definition) is 4. The summed E-state index contributed by atoms with van der Waals surface area (Å²) in [5, 5.41) is 12.0. The fraction of sp³-hybridized carbons (Fsp3) is 0.0588. The smallest absolute Gasteiger partial charge is 0.258 e. The predicted molar refractivity (Wildman–Crippen MR) is 86.3 cm³/mol. The first kappa shape index (κ1) is 13.9. The van der Waals surface area contributed by atoms with Crippen LogP contribution in [0.25, 0.3) is 23.1 Å². The van der Waals surface area contributed by atoms with E-state index in [9.17, 15) is 10.1 Å². The monoisotopic (exact) mass is 291 g/mol. The van der Waals surface area contributed by atoms with E-state index in [1.807, 2.05) is 31.2 Å². The normalized spacial score (nSPS) is 11.1. The van der Waals surface area contributed by atoms with E-state index in [1.54, 1.807) is 30.4 Å². The van der Waals surface area contributed by atoms with E-state index in [-0.39, 0.29) is 10.6 Å². The SMILES string of the molecule is Cc1nc(C=Cc2ccccc2[N+](=O)[O-])c2ccccc2n1. The van der Waals surface area contributed by atoms with Gasteiger partial charge in [-0.2, -0.15) is 0 Å². The Bertz CT molecular complexity index is 888. The van der Waals surface area contributed by atoms with E-state index in [2.05, 4.69) is 9.97 Å². The van der Waals surface area contributed by atoms with Crippen LogP contribution in [0.4, 0.5) is 5.69 Å². The summed E-state index contributed by atoms with van der Waals surface area (Å²) in [6.07, 6.45) is 3.51. The van der Waals surface area contributed by atoms with Gasteiger partial charge in [-0.3, -0.25) is 10.1 Å². The van der Waals surface area contributed by atoms with Crippen molar-refractivity contribution in [3.05, 3.63) is 75.7 Å². The summed E-state index contributed by atoms with van der Waals surface area (Å²) < 4.78 is 0. The summed E-state index contributed by atoms with van der Waals surface area (Å²) in [5.41, 5.74) is 2.24. The highest BCUT2D eigenvalue weighted by Crippen LogP contribution is 2.22. The number of benzene rings is 2. The summed E-state index contributed by atoms with van der Waals surface area (Å²) in [4.78, 5) is 19.5. The van der Waals surface area contributed by atoms with Crippen LogP contribution >= 0.6 is 0 Å².